The summed E-state index contributed by atoms with van der Waals surface area (Å²) in [4.78, 5) is 10.7. The van der Waals surface area contributed by atoms with E-state index in [0.717, 1.165) is 15.6 Å². The van der Waals surface area contributed by atoms with Crippen molar-refractivity contribution in [2.75, 3.05) is 0 Å². The van der Waals surface area contributed by atoms with Crippen molar-refractivity contribution in [1.82, 2.24) is 0 Å². The van der Waals surface area contributed by atoms with Crippen LogP contribution >= 0.6 is 31.9 Å². The van der Waals surface area contributed by atoms with Gasteiger partial charge in [-0.2, -0.15) is 0 Å². The summed E-state index contributed by atoms with van der Waals surface area (Å²) in [6, 6.07) is 14.7. The van der Waals surface area contributed by atoms with Gasteiger partial charge in [0.25, 0.3) is 5.69 Å². The van der Waals surface area contributed by atoms with Crippen molar-refractivity contribution in [3.8, 4) is 0 Å². The fourth-order valence-electron chi connectivity index (χ4n) is 1.89. The van der Waals surface area contributed by atoms with Gasteiger partial charge in [-0.25, -0.2) is 0 Å². The molecular weight excluding hydrogens is 374 g/mol. The first-order valence-corrected chi connectivity index (χ1v) is 7.41. The fraction of sp³-hybridized carbons (Fsp3) is 0.143. The van der Waals surface area contributed by atoms with Gasteiger partial charge in [0.2, 0.25) is 0 Å². The van der Waals surface area contributed by atoms with Gasteiger partial charge in [-0.3, -0.25) is 10.1 Å². The minimum Gasteiger partial charge on any atom is -0.258 e. The maximum atomic E-state index is 11.0. The molecule has 2 aromatic carbocycles. The molecule has 0 aliphatic heterocycles. The van der Waals surface area contributed by atoms with Gasteiger partial charge in [0.15, 0.2) is 0 Å². The molecule has 0 amide bonds. The molecule has 0 spiro atoms. The van der Waals surface area contributed by atoms with Crippen LogP contribution in [0.1, 0.15) is 16.0 Å². The zero-order valence-electron chi connectivity index (χ0n) is 9.92. The summed E-state index contributed by atoms with van der Waals surface area (Å²) in [7, 11) is 0. The number of rotatable bonds is 4. The van der Waals surface area contributed by atoms with Gasteiger partial charge in [0.1, 0.15) is 0 Å². The molecule has 0 bridgehead atoms. The molecule has 2 aromatic rings. The van der Waals surface area contributed by atoms with E-state index in [1.165, 1.54) is 6.07 Å². The predicted molar refractivity (Wildman–Crippen MR) is 82.6 cm³/mol. The molecule has 0 saturated carbocycles. The molecule has 19 heavy (non-hydrogen) atoms. The van der Waals surface area contributed by atoms with Crippen molar-refractivity contribution in [2.24, 2.45) is 0 Å². The van der Waals surface area contributed by atoms with Gasteiger partial charge >= 0.3 is 0 Å². The Kier molecular flexibility index (Phi) is 4.71. The number of nitro benzene ring substituents is 1. The van der Waals surface area contributed by atoms with Crippen molar-refractivity contribution in [3.63, 3.8) is 0 Å². The Balaban J connectivity index is 2.27. The normalized spacial score (nSPS) is 12.1. The summed E-state index contributed by atoms with van der Waals surface area (Å²) in [5, 5.41) is 11.0. The lowest BCUT2D eigenvalue weighted by Gasteiger charge is -2.12. The zero-order valence-corrected chi connectivity index (χ0v) is 13.1. The molecule has 1 atom stereocenters. The van der Waals surface area contributed by atoms with Crippen LogP contribution < -0.4 is 0 Å². The first kappa shape index (κ1) is 14.2. The number of nitro groups is 1. The number of alkyl halides is 1. The number of halogens is 2. The fourth-order valence-corrected chi connectivity index (χ4v) is 3.51. The van der Waals surface area contributed by atoms with E-state index in [2.05, 4.69) is 31.9 Å². The highest BCUT2D eigenvalue weighted by atomic mass is 79.9. The van der Waals surface area contributed by atoms with E-state index in [-0.39, 0.29) is 15.4 Å². The molecule has 5 heteroatoms. The average Bonchev–Trinajstić information content (AvgIpc) is 2.39. The number of para-hydroxylation sites is 1. The zero-order chi connectivity index (χ0) is 13.8. The van der Waals surface area contributed by atoms with Crippen LogP contribution in [-0.2, 0) is 6.42 Å². The molecule has 0 aliphatic rings. The number of hydrogen-bond donors (Lipinski definition) is 0. The monoisotopic (exact) mass is 383 g/mol. The van der Waals surface area contributed by atoms with Crippen molar-refractivity contribution >= 4 is 37.5 Å². The molecular formula is C14H11Br2NO2. The van der Waals surface area contributed by atoms with E-state index in [1.807, 2.05) is 30.3 Å². The van der Waals surface area contributed by atoms with Gasteiger partial charge in [0, 0.05) is 20.9 Å². The van der Waals surface area contributed by atoms with Gasteiger partial charge in [0.05, 0.1) is 4.92 Å². The lowest BCUT2D eigenvalue weighted by Crippen LogP contribution is -2.00. The lowest BCUT2D eigenvalue weighted by molar-refractivity contribution is -0.385. The third kappa shape index (κ3) is 3.42. The summed E-state index contributed by atoms with van der Waals surface area (Å²) >= 11 is 7.10. The third-order valence-electron chi connectivity index (χ3n) is 2.83. The number of hydrogen-bond acceptors (Lipinski definition) is 2. The first-order chi connectivity index (χ1) is 9.09. The Labute approximate surface area is 128 Å². The topological polar surface area (TPSA) is 43.1 Å². The van der Waals surface area contributed by atoms with Crippen LogP contribution in [0.5, 0.6) is 0 Å². The van der Waals surface area contributed by atoms with Crippen LogP contribution in [0.3, 0.4) is 0 Å². The molecule has 0 fully saturated rings. The number of nitrogens with zero attached hydrogens (tertiary/aromatic N) is 1. The van der Waals surface area contributed by atoms with Gasteiger partial charge in [-0.05, 0) is 18.1 Å². The van der Waals surface area contributed by atoms with E-state index in [1.54, 1.807) is 12.1 Å². The molecule has 1 unspecified atom stereocenters. The highest BCUT2D eigenvalue weighted by molar-refractivity contribution is 9.11. The molecule has 2 rings (SSSR count). The highest BCUT2D eigenvalue weighted by Gasteiger charge is 2.18. The molecule has 0 heterocycles. The minimum absolute atomic E-state index is 0.0316. The lowest BCUT2D eigenvalue weighted by atomic mass is 10.0. The van der Waals surface area contributed by atoms with Crippen molar-refractivity contribution in [2.45, 2.75) is 11.2 Å². The van der Waals surface area contributed by atoms with Crippen LogP contribution in [0, 0.1) is 10.1 Å². The van der Waals surface area contributed by atoms with E-state index in [4.69, 9.17) is 0 Å². The Morgan fingerprint density at radius 1 is 1.11 bits per heavy atom. The SMILES string of the molecule is O=[N+]([O-])c1ccccc1CC(Br)c1ccccc1Br. The van der Waals surface area contributed by atoms with E-state index in [0.29, 0.717) is 6.42 Å². The summed E-state index contributed by atoms with van der Waals surface area (Å²) in [5.74, 6) is 0. The predicted octanol–water partition coefficient (Wildman–Crippen LogP) is 5.04. The van der Waals surface area contributed by atoms with E-state index >= 15 is 0 Å². The Morgan fingerprint density at radius 3 is 2.42 bits per heavy atom. The molecule has 0 saturated heterocycles. The second kappa shape index (κ2) is 6.30. The maximum absolute atomic E-state index is 11.0. The van der Waals surface area contributed by atoms with Crippen molar-refractivity contribution in [3.05, 3.63) is 74.2 Å². The van der Waals surface area contributed by atoms with Crippen LogP contribution in [0.2, 0.25) is 0 Å². The van der Waals surface area contributed by atoms with Crippen LogP contribution in [-0.4, -0.2) is 4.92 Å². The molecule has 3 nitrogen and oxygen atoms in total. The maximum Gasteiger partial charge on any atom is 0.272 e. The quantitative estimate of drug-likeness (QED) is 0.421. The van der Waals surface area contributed by atoms with Gasteiger partial charge < -0.3 is 0 Å². The smallest absolute Gasteiger partial charge is 0.258 e. The van der Waals surface area contributed by atoms with Crippen molar-refractivity contribution in [1.29, 1.82) is 0 Å². The average molecular weight is 385 g/mol. The second-order valence-corrected chi connectivity index (χ2v) is 6.04. The summed E-state index contributed by atoms with van der Waals surface area (Å²) in [6.07, 6.45) is 0.569. The molecule has 0 N–H and O–H groups in total. The van der Waals surface area contributed by atoms with Gasteiger partial charge in [-0.15, -0.1) is 0 Å². The summed E-state index contributed by atoms with van der Waals surface area (Å²) < 4.78 is 0.996. The van der Waals surface area contributed by atoms with E-state index in [9.17, 15) is 10.1 Å². The first-order valence-electron chi connectivity index (χ1n) is 5.70. The highest BCUT2D eigenvalue weighted by Crippen LogP contribution is 2.34. The number of benzene rings is 2. The van der Waals surface area contributed by atoms with Crippen LogP contribution in [0.15, 0.2) is 53.0 Å². The van der Waals surface area contributed by atoms with E-state index < -0.39 is 0 Å². The standard InChI is InChI=1S/C14H11Br2NO2/c15-12-7-3-2-6-11(12)13(16)9-10-5-1-4-8-14(10)17(18)19/h1-8,13H,9H2. The largest absolute Gasteiger partial charge is 0.272 e. The molecule has 0 aliphatic carbocycles. The van der Waals surface area contributed by atoms with Gasteiger partial charge in [-0.1, -0.05) is 68.3 Å². The molecule has 0 radical (unpaired) electrons. The summed E-state index contributed by atoms with van der Waals surface area (Å²) in [5.41, 5.74) is 1.98. The van der Waals surface area contributed by atoms with Crippen LogP contribution in [0.25, 0.3) is 0 Å². The Hall–Kier alpha value is -1.20. The molecule has 0 aromatic heterocycles. The minimum atomic E-state index is -0.338. The van der Waals surface area contributed by atoms with Crippen LogP contribution in [0.4, 0.5) is 5.69 Å². The van der Waals surface area contributed by atoms with Crippen molar-refractivity contribution < 1.29 is 4.92 Å². The third-order valence-corrected chi connectivity index (χ3v) is 4.37. The second-order valence-electron chi connectivity index (χ2n) is 4.08. The molecule has 98 valence electrons. The summed E-state index contributed by atoms with van der Waals surface area (Å²) in [6.45, 7) is 0. The Bertz CT molecular complexity index is 602. The Morgan fingerprint density at radius 2 is 1.74 bits per heavy atom.